The van der Waals surface area contributed by atoms with Gasteiger partial charge in [-0.25, -0.2) is 15.0 Å². The summed E-state index contributed by atoms with van der Waals surface area (Å²) in [6.45, 7) is 0.931. The molecule has 0 unspecified atom stereocenters. The van der Waals surface area contributed by atoms with E-state index < -0.39 is 0 Å². The van der Waals surface area contributed by atoms with Crippen molar-refractivity contribution in [2.24, 2.45) is 0 Å². The summed E-state index contributed by atoms with van der Waals surface area (Å²) >= 11 is 12.7. The Bertz CT molecular complexity index is 1340. The van der Waals surface area contributed by atoms with E-state index >= 15 is 0 Å². The molecule has 0 radical (unpaired) electrons. The van der Waals surface area contributed by atoms with Crippen LogP contribution in [0.3, 0.4) is 0 Å². The Balaban J connectivity index is 1.36. The molecule has 1 N–H and O–H groups in total. The van der Waals surface area contributed by atoms with Crippen LogP contribution in [-0.4, -0.2) is 19.5 Å². The molecule has 3 aromatic rings. The number of imidazole rings is 1. The minimum atomic E-state index is 0.434. The summed E-state index contributed by atoms with van der Waals surface area (Å²) in [6, 6.07) is 23.2. The number of anilines is 2. The molecule has 5 rings (SSSR count). The van der Waals surface area contributed by atoms with Crippen LogP contribution in [0.15, 0.2) is 85.5 Å². The second kappa shape index (κ2) is 9.48. The number of benzene rings is 3. The van der Waals surface area contributed by atoms with Crippen molar-refractivity contribution in [1.82, 2.24) is 19.5 Å². The van der Waals surface area contributed by atoms with Crippen LogP contribution in [0.1, 0.15) is 11.1 Å². The highest BCUT2D eigenvalue weighted by molar-refractivity contribution is 6.36. The molecule has 0 amide bonds. The fraction of sp³-hybridized carbons (Fsp3) is 0.0800. The minimum absolute atomic E-state index is 0.434. The van der Waals surface area contributed by atoms with Crippen LogP contribution >= 0.6 is 23.2 Å². The van der Waals surface area contributed by atoms with Crippen LogP contribution in [0, 0.1) is 0 Å². The average molecular weight is 476 g/mol. The van der Waals surface area contributed by atoms with Gasteiger partial charge in [-0.3, -0.25) is 0 Å². The van der Waals surface area contributed by atoms with Crippen LogP contribution in [0.2, 0.25) is 10.0 Å². The van der Waals surface area contributed by atoms with Gasteiger partial charge in [0, 0.05) is 27.4 Å². The van der Waals surface area contributed by atoms with E-state index in [1.165, 1.54) is 6.33 Å². The number of aromatic nitrogens is 4. The van der Waals surface area contributed by atoms with Crippen LogP contribution in [0.4, 0.5) is 11.5 Å². The maximum absolute atomic E-state index is 6.34. The van der Waals surface area contributed by atoms with E-state index in [4.69, 9.17) is 27.9 Å². The lowest BCUT2D eigenvalue weighted by molar-refractivity contribution is 0.306. The molecule has 3 aromatic carbocycles. The largest absolute Gasteiger partial charge is 0.489 e. The number of fused-ring (bicyclic) bond motifs is 1. The number of ether oxygens (including phenoxy) is 1. The first kappa shape index (κ1) is 21.2. The predicted molar refractivity (Wildman–Crippen MR) is 131 cm³/mol. The first-order valence-corrected chi connectivity index (χ1v) is 11.1. The molecule has 164 valence electrons. The predicted octanol–water partition coefficient (Wildman–Crippen LogP) is 6.46. The Morgan fingerprint density at radius 1 is 0.848 bits per heavy atom. The quantitative estimate of drug-likeness (QED) is 0.292. The van der Waals surface area contributed by atoms with E-state index in [-0.39, 0.29) is 0 Å². The van der Waals surface area contributed by atoms with Crippen LogP contribution in [-0.2, 0) is 13.2 Å². The Morgan fingerprint density at radius 2 is 1.64 bits per heavy atom. The van der Waals surface area contributed by atoms with Crippen molar-refractivity contribution in [3.8, 4) is 17.3 Å². The number of hydrogen-bond acceptors (Lipinski definition) is 5. The number of nitrogens with one attached hydrogen (secondary N) is 1. The summed E-state index contributed by atoms with van der Waals surface area (Å²) in [5.41, 5.74) is 3.40. The maximum Gasteiger partial charge on any atom is 0.165 e. The van der Waals surface area contributed by atoms with Gasteiger partial charge in [-0.05, 0) is 29.8 Å². The van der Waals surface area contributed by atoms with Crippen molar-refractivity contribution >= 4 is 34.7 Å². The van der Waals surface area contributed by atoms with E-state index in [0.717, 1.165) is 22.6 Å². The zero-order valence-corrected chi connectivity index (χ0v) is 19.0. The number of rotatable bonds is 7. The van der Waals surface area contributed by atoms with E-state index in [1.807, 2.05) is 77.4 Å². The molecule has 6 nitrogen and oxygen atoms in total. The summed E-state index contributed by atoms with van der Waals surface area (Å²) in [5.74, 6) is 2.04. The molecule has 0 saturated heterocycles. The second-order valence-corrected chi connectivity index (χ2v) is 8.21. The standard InChI is InChI=1S/C25H19Cl2N5O/c26-21-10-5-11-22(27)20(21)13-32-16-30-24(23-25(32)29-15-28-23)31-18-8-4-9-19(12-18)33-14-17-6-2-1-3-7-17/h1-12,15-16,31H,13-14H2. The number of nitrogens with zero attached hydrogens (tertiary/aromatic N) is 4. The zero-order valence-electron chi connectivity index (χ0n) is 17.5. The SMILES string of the molecule is Clc1cccc(Cl)c1Cn1cnc(Nc2cccc(OCc3ccccc3)c2)c2ncnc1-2. The average Bonchev–Trinajstić information content (AvgIpc) is 3.33. The molecule has 0 aromatic heterocycles. The van der Waals surface area contributed by atoms with Gasteiger partial charge in [-0.2, -0.15) is 0 Å². The van der Waals surface area contributed by atoms with Crippen molar-refractivity contribution in [3.05, 3.63) is 107 Å². The Morgan fingerprint density at radius 3 is 2.45 bits per heavy atom. The lowest BCUT2D eigenvalue weighted by atomic mass is 10.2. The summed E-state index contributed by atoms with van der Waals surface area (Å²) < 4.78 is 7.81. The van der Waals surface area contributed by atoms with Gasteiger partial charge in [0.2, 0.25) is 0 Å². The molecule has 2 heterocycles. The van der Waals surface area contributed by atoms with Crippen LogP contribution in [0.25, 0.3) is 11.5 Å². The Hall–Kier alpha value is -3.61. The summed E-state index contributed by atoms with van der Waals surface area (Å²) in [4.78, 5) is 13.4. The fourth-order valence-electron chi connectivity index (χ4n) is 3.48. The van der Waals surface area contributed by atoms with E-state index in [2.05, 4.69) is 20.3 Å². The summed E-state index contributed by atoms with van der Waals surface area (Å²) in [5, 5.41) is 4.52. The van der Waals surface area contributed by atoms with Gasteiger partial charge >= 0.3 is 0 Å². The van der Waals surface area contributed by atoms with E-state index in [1.54, 1.807) is 6.33 Å². The Labute approximate surface area is 201 Å². The highest BCUT2D eigenvalue weighted by Crippen LogP contribution is 2.31. The Kier molecular flexibility index (Phi) is 6.11. The van der Waals surface area contributed by atoms with Crippen molar-refractivity contribution < 1.29 is 4.74 Å². The number of hydrogen-bond donors (Lipinski definition) is 1. The first-order chi connectivity index (χ1) is 16.2. The van der Waals surface area contributed by atoms with Crippen molar-refractivity contribution in [3.63, 3.8) is 0 Å². The first-order valence-electron chi connectivity index (χ1n) is 10.3. The normalized spacial score (nSPS) is 11.0. The van der Waals surface area contributed by atoms with Crippen LogP contribution in [0.5, 0.6) is 5.75 Å². The molecule has 2 aliphatic heterocycles. The van der Waals surface area contributed by atoms with Crippen molar-refractivity contribution in [2.45, 2.75) is 13.2 Å². The van der Waals surface area contributed by atoms with Gasteiger partial charge < -0.3 is 14.6 Å². The molecule has 0 spiro atoms. The maximum atomic E-state index is 6.34. The summed E-state index contributed by atoms with van der Waals surface area (Å²) in [6.07, 6.45) is 3.22. The lowest BCUT2D eigenvalue weighted by Gasteiger charge is -2.16. The van der Waals surface area contributed by atoms with Gasteiger partial charge in [0.25, 0.3) is 0 Å². The third-order valence-corrected chi connectivity index (χ3v) is 5.84. The fourth-order valence-corrected chi connectivity index (χ4v) is 4.00. The lowest BCUT2D eigenvalue weighted by Crippen LogP contribution is -2.10. The molecule has 0 saturated carbocycles. The smallest absolute Gasteiger partial charge is 0.165 e. The molecular weight excluding hydrogens is 457 g/mol. The third kappa shape index (κ3) is 4.77. The molecule has 0 atom stereocenters. The molecule has 0 aliphatic carbocycles. The second-order valence-electron chi connectivity index (χ2n) is 7.39. The van der Waals surface area contributed by atoms with Gasteiger partial charge in [-0.1, -0.05) is 65.7 Å². The van der Waals surface area contributed by atoms with Gasteiger partial charge in [0.05, 0.1) is 12.9 Å². The monoisotopic (exact) mass is 475 g/mol. The minimum Gasteiger partial charge on any atom is -0.489 e. The van der Waals surface area contributed by atoms with Crippen molar-refractivity contribution in [1.29, 1.82) is 0 Å². The molecule has 0 bridgehead atoms. The molecule has 8 heteroatoms. The van der Waals surface area contributed by atoms with Gasteiger partial charge in [-0.15, -0.1) is 0 Å². The van der Waals surface area contributed by atoms with E-state index in [9.17, 15) is 0 Å². The highest BCUT2D eigenvalue weighted by atomic mass is 35.5. The third-order valence-electron chi connectivity index (χ3n) is 5.14. The molecule has 33 heavy (non-hydrogen) atoms. The highest BCUT2D eigenvalue weighted by Gasteiger charge is 2.18. The van der Waals surface area contributed by atoms with Gasteiger partial charge in [0.1, 0.15) is 18.7 Å². The number of halogens is 2. The molecular formula is C25H19Cl2N5O. The topological polar surface area (TPSA) is 64.9 Å². The summed E-state index contributed by atoms with van der Waals surface area (Å²) in [7, 11) is 0. The van der Waals surface area contributed by atoms with Crippen molar-refractivity contribution in [2.75, 3.05) is 5.32 Å². The zero-order chi connectivity index (χ0) is 22.6. The molecule has 0 fully saturated rings. The van der Waals surface area contributed by atoms with Gasteiger partial charge in [0.15, 0.2) is 17.3 Å². The van der Waals surface area contributed by atoms with Crippen LogP contribution < -0.4 is 10.1 Å². The van der Waals surface area contributed by atoms with E-state index in [0.29, 0.717) is 40.5 Å². The molecule has 2 aliphatic rings.